The molecule has 6 nitrogen and oxygen atoms in total. The normalized spacial score (nSPS) is 20.8. The van der Waals surface area contributed by atoms with E-state index in [9.17, 15) is 17.6 Å². The Kier molecular flexibility index (Phi) is 4.28. The molecule has 1 saturated heterocycles. The number of rotatable bonds is 3. The third kappa shape index (κ3) is 2.93. The van der Waals surface area contributed by atoms with Crippen molar-refractivity contribution >= 4 is 27.6 Å². The van der Waals surface area contributed by atoms with Crippen molar-refractivity contribution in [2.75, 3.05) is 19.7 Å². The molecule has 1 unspecified atom stereocenters. The Bertz CT molecular complexity index is 636. The Labute approximate surface area is 119 Å². The van der Waals surface area contributed by atoms with E-state index in [-0.39, 0.29) is 29.6 Å². The molecule has 0 bridgehead atoms. The molecule has 0 radical (unpaired) electrons. The van der Waals surface area contributed by atoms with Crippen molar-refractivity contribution in [1.82, 2.24) is 4.31 Å². The number of benzene rings is 1. The summed E-state index contributed by atoms with van der Waals surface area (Å²) in [5.41, 5.74) is 0. The maximum Gasteiger partial charge on any atom is 0.334 e. The largest absolute Gasteiger partial charge is 0.479 e. The van der Waals surface area contributed by atoms with Crippen LogP contribution in [0.15, 0.2) is 23.1 Å². The van der Waals surface area contributed by atoms with E-state index >= 15 is 0 Å². The summed E-state index contributed by atoms with van der Waals surface area (Å²) in [6.45, 7) is -0.333. The van der Waals surface area contributed by atoms with E-state index in [0.29, 0.717) is 0 Å². The number of carbonyl (C=O) groups is 1. The Morgan fingerprint density at radius 1 is 1.50 bits per heavy atom. The maximum absolute atomic E-state index is 13.0. The smallest absolute Gasteiger partial charge is 0.334 e. The fourth-order valence-electron chi connectivity index (χ4n) is 1.82. The van der Waals surface area contributed by atoms with E-state index in [4.69, 9.17) is 21.4 Å². The minimum atomic E-state index is -3.98. The molecule has 20 heavy (non-hydrogen) atoms. The number of carboxylic acid groups (broad SMARTS) is 1. The van der Waals surface area contributed by atoms with Gasteiger partial charge in [-0.15, -0.1) is 0 Å². The number of morpholine rings is 1. The average Bonchev–Trinajstić information content (AvgIpc) is 2.38. The number of hydrogen-bond donors (Lipinski definition) is 1. The van der Waals surface area contributed by atoms with Crippen LogP contribution in [-0.4, -0.2) is 49.6 Å². The van der Waals surface area contributed by atoms with Crippen LogP contribution in [0.25, 0.3) is 0 Å². The molecular weight excluding hydrogens is 313 g/mol. The lowest BCUT2D eigenvalue weighted by molar-refractivity contribution is -0.153. The Balaban J connectivity index is 2.32. The Morgan fingerprint density at radius 2 is 2.20 bits per heavy atom. The summed E-state index contributed by atoms with van der Waals surface area (Å²) in [6, 6.07) is 2.93. The van der Waals surface area contributed by atoms with E-state index in [1.165, 1.54) is 0 Å². The Hall–Kier alpha value is -1.22. The second-order valence-electron chi connectivity index (χ2n) is 4.14. The number of sulfonamides is 1. The van der Waals surface area contributed by atoms with Gasteiger partial charge in [0.1, 0.15) is 10.7 Å². The lowest BCUT2D eigenvalue weighted by atomic mass is 10.3. The number of ether oxygens (including phenoxy) is 1. The molecule has 1 fully saturated rings. The SMILES string of the molecule is O=C(O)C1CN(S(=O)(=O)c2ccc(F)cc2Cl)CCO1. The third-order valence-electron chi connectivity index (χ3n) is 2.82. The van der Waals surface area contributed by atoms with Gasteiger partial charge < -0.3 is 9.84 Å². The van der Waals surface area contributed by atoms with Crippen LogP contribution in [0.2, 0.25) is 5.02 Å². The third-order valence-corrected chi connectivity index (χ3v) is 5.16. The highest BCUT2D eigenvalue weighted by atomic mass is 35.5. The van der Waals surface area contributed by atoms with Gasteiger partial charge in [-0.2, -0.15) is 4.31 Å². The first-order chi connectivity index (χ1) is 9.32. The quantitative estimate of drug-likeness (QED) is 0.895. The van der Waals surface area contributed by atoms with Crippen molar-refractivity contribution in [2.24, 2.45) is 0 Å². The van der Waals surface area contributed by atoms with Gasteiger partial charge in [-0.25, -0.2) is 17.6 Å². The zero-order valence-corrected chi connectivity index (χ0v) is 11.7. The zero-order chi connectivity index (χ0) is 14.9. The molecule has 0 aromatic heterocycles. The molecule has 1 aliphatic heterocycles. The molecule has 0 spiro atoms. The first-order valence-electron chi connectivity index (χ1n) is 5.62. The summed E-state index contributed by atoms with van der Waals surface area (Å²) in [6.07, 6.45) is -1.22. The standard InChI is InChI=1S/C11H11ClFNO5S/c12-8-5-7(13)1-2-10(8)20(17,18)14-3-4-19-9(6-14)11(15)16/h1-2,5,9H,3-4,6H2,(H,15,16). The molecule has 1 heterocycles. The van der Waals surface area contributed by atoms with Gasteiger partial charge in [0.2, 0.25) is 10.0 Å². The highest BCUT2D eigenvalue weighted by Gasteiger charge is 2.34. The van der Waals surface area contributed by atoms with Gasteiger partial charge in [0.05, 0.1) is 18.2 Å². The van der Waals surface area contributed by atoms with Crippen molar-refractivity contribution in [3.63, 3.8) is 0 Å². The second-order valence-corrected chi connectivity index (χ2v) is 6.45. The lowest BCUT2D eigenvalue weighted by Crippen LogP contribution is -2.48. The van der Waals surface area contributed by atoms with E-state index in [0.717, 1.165) is 22.5 Å². The number of aliphatic carboxylic acids is 1. The maximum atomic E-state index is 13.0. The highest BCUT2D eigenvalue weighted by Crippen LogP contribution is 2.26. The molecule has 9 heteroatoms. The molecule has 1 aromatic carbocycles. The molecule has 1 N–H and O–H groups in total. The molecule has 1 aromatic rings. The molecule has 0 saturated carbocycles. The number of carboxylic acids is 1. The molecule has 0 amide bonds. The molecule has 1 atom stereocenters. The summed E-state index contributed by atoms with van der Waals surface area (Å²) >= 11 is 5.74. The number of hydrogen-bond acceptors (Lipinski definition) is 4. The summed E-state index contributed by atoms with van der Waals surface area (Å²) in [5.74, 6) is -1.89. The van der Waals surface area contributed by atoms with Gasteiger partial charge >= 0.3 is 5.97 Å². The predicted octanol–water partition coefficient (Wildman–Crippen LogP) is 0.953. The number of halogens is 2. The van der Waals surface area contributed by atoms with Crippen LogP contribution in [0.3, 0.4) is 0 Å². The monoisotopic (exact) mass is 323 g/mol. The van der Waals surface area contributed by atoms with Crippen LogP contribution in [0.5, 0.6) is 0 Å². The highest BCUT2D eigenvalue weighted by molar-refractivity contribution is 7.89. The average molecular weight is 324 g/mol. The van der Waals surface area contributed by atoms with E-state index in [2.05, 4.69) is 0 Å². The van der Waals surface area contributed by atoms with Gasteiger partial charge in [-0.1, -0.05) is 11.6 Å². The summed E-state index contributed by atoms with van der Waals surface area (Å²) in [4.78, 5) is 10.6. The van der Waals surface area contributed by atoms with Crippen LogP contribution < -0.4 is 0 Å². The topological polar surface area (TPSA) is 83.9 Å². The van der Waals surface area contributed by atoms with Gasteiger partial charge in [0.25, 0.3) is 0 Å². The van der Waals surface area contributed by atoms with E-state index < -0.39 is 27.9 Å². The van der Waals surface area contributed by atoms with Gasteiger partial charge in [-0.3, -0.25) is 0 Å². The van der Waals surface area contributed by atoms with Gasteiger partial charge in [0, 0.05) is 6.54 Å². The van der Waals surface area contributed by atoms with Gasteiger partial charge in [0.15, 0.2) is 6.10 Å². The van der Waals surface area contributed by atoms with Gasteiger partial charge in [-0.05, 0) is 18.2 Å². The van der Waals surface area contributed by atoms with Crippen LogP contribution in [0, 0.1) is 5.82 Å². The fraction of sp³-hybridized carbons (Fsp3) is 0.364. The second kappa shape index (κ2) is 5.65. The molecule has 0 aliphatic carbocycles. The summed E-state index contributed by atoms with van der Waals surface area (Å²) in [5, 5.41) is 8.61. The summed E-state index contributed by atoms with van der Waals surface area (Å²) in [7, 11) is -3.98. The molecule has 110 valence electrons. The van der Waals surface area contributed by atoms with Crippen molar-refractivity contribution < 1.29 is 27.4 Å². The van der Waals surface area contributed by atoms with Crippen molar-refractivity contribution in [3.8, 4) is 0 Å². The van der Waals surface area contributed by atoms with Crippen LogP contribution in [0.4, 0.5) is 4.39 Å². The Morgan fingerprint density at radius 3 is 2.80 bits per heavy atom. The van der Waals surface area contributed by atoms with E-state index in [1.54, 1.807) is 0 Å². The fourth-order valence-corrected chi connectivity index (χ4v) is 3.75. The van der Waals surface area contributed by atoms with Crippen molar-refractivity contribution in [1.29, 1.82) is 0 Å². The molecule has 2 rings (SSSR count). The van der Waals surface area contributed by atoms with Crippen LogP contribution >= 0.6 is 11.6 Å². The summed E-state index contributed by atoms with van der Waals surface area (Å²) < 4.78 is 43.6. The first-order valence-corrected chi connectivity index (χ1v) is 7.44. The minimum Gasteiger partial charge on any atom is -0.479 e. The van der Waals surface area contributed by atoms with Crippen LogP contribution in [0.1, 0.15) is 0 Å². The predicted molar refractivity (Wildman–Crippen MR) is 67.5 cm³/mol. The first kappa shape index (κ1) is 15.2. The van der Waals surface area contributed by atoms with Crippen LogP contribution in [-0.2, 0) is 19.6 Å². The van der Waals surface area contributed by atoms with E-state index in [1.807, 2.05) is 0 Å². The van der Waals surface area contributed by atoms with Crippen molar-refractivity contribution in [2.45, 2.75) is 11.0 Å². The minimum absolute atomic E-state index is 0.0137. The molecule has 1 aliphatic rings. The molecular formula is C11H11ClFNO5S. The number of nitrogens with zero attached hydrogens (tertiary/aromatic N) is 1. The zero-order valence-electron chi connectivity index (χ0n) is 10.1. The van der Waals surface area contributed by atoms with Crippen molar-refractivity contribution in [3.05, 3.63) is 29.0 Å². The lowest BCUT2D eigenvalue weighted by Gasteiger charge is -2.30.